The fourth-order valence-corrected chi connectivity index (χ4v) is 2.94. The summed E-state index contributed by atoms with van der Waals surface area (Å²) >= 11 is 0. The largest absolute Gasteiger partial charge is 0.381 e. The summed E-state index contributed by atoms with van der Waals surface area (Å²) in [6, 6.07) is 0. The smallest absolute Gasteiger partial charge is 0.190 e. The Kier molecular flexibility index (Phi) is 8.72. The molecule has 0 bridgehead atoms. The van der Waals surface area contributed by atoms with Crippen LogP contribution in [0, 0.1) is 5.92 Å². The predicted molar refractivity (Wildman–Crippen MR) is 101 cm³/mol. The molecule has 0 unspecified atom stereocenters. The Morgan fingerprint density at radius 3 is 2.84 bits per heavy atom. The summed E-state index contributed by atoms with van der Waals surface area (Å²) < 4.78 is 7.89. The Balaban J connectivity index is 1.64. The van der Waals surface area contributed by atoms with E-state index in [2.05, 4.69) is 44.2 Å². The number of fused-ring (bicyclic) bond motifs is 1. The molecule has 0 fully saturated rings. The van der Waals surface area contributed by atoms with Gasteiger partial charge in [-0.05, 0) is 25.2 Å². The van der Waals surface area contributed by atoms with Crippen molar-refractivity contribution in [2.45, 2.75) is 58.9 Å². The molecule has 142 valence electrons. The monoisotopic (exact) mass is 350 g/mol. The minimum Gasteiger partial charge on any atom is -0.381 e. The van der Waals surface area contributed by atoms with Gasteiger partial charge in [-0.3, -0.25) is 4.99 Å². The predicted octanol–water partition coefficient (Wildman–Crippen LogP) is 1.77. The van der Waals surface area contributed by atoms with Crippen LogP contribution in [0.1, 0.15) is 51.2 Å². The van der Waals surface area contributed by atoms with Crippen molar-refractivity contribution in [3.05, 3.63) is 11.6 Å². The standard InChI is InChI=1S/C18H34N6O/c1-15(2)14-25-13-7-10-20-18(19-3)21-11-9-17-23-22-16-8-5-4-6-12-24(16)17/h15H,4-14H2,1-3H3,(H2,19,20,21). The molecule has 0 aromatic carbocycles. The molecule has 7 heteroatoms. The van der Waals surface area contributed by atoms with Gasteiger partial charge in [-0.2, -0.15) is 0 Å². The average Bonchev–Trinajstić information content (AvgIpc) is 2.82. The zero-order chi connectivity index (χ0) is 17.9. The molecule has 1 aromatic rings. The quantitative estimate of drug-likeness (QED) is 0.403. The van der Waals surface area contributed by atoms with Crippen LogP contribution in [0.15, 0.2) is 4.99 Å². The maximum absolute atomic E-state index is 5.59. The van der Waals surface area contributed by atoms with E-state index in [1.807, 2.05) is 0 Å². The van der Waals surface area contributed by atoms with Gasteiger partial charge in [0.25, 0.3) is 0 Å². The van der Waals surface area contributed by atoms with Crippen molar-refractivity contribution >= 4 is 5.96 Å². The zero-order valence-electron chi connectivity index (χ0n) is 16.1. The highest BCUT2D eigenvalue weighted by atomic mass is 16.5. The van der Waals surface area contributed by atoms with Crippen LogP contribution in [0.2, 0.25) is 0 Å². The van der Waals surface area contributed by atoms with Crippen LogP contribution in [0.4, 0.5) is 0 Å². The Bertz CT molecular complexity index is 526. The first-order chi connectivity index (χ1) is 12.2. The average molecular weight is 351 g/mol. The number of rotatable bonds is 9. The lowest BCUT2D eigenvalue weighted by molar-refractivity contribution is 0.108. The maximum atomic E-state index is 5.59. The minimum absolute atomic E-state index is 0.592. The van der Waals surface area contributed by atoms with E-state index in [9.17, 15) is 0 Å². The highest BCUT2D eigenvalue weighted by Gasteiger charge is 2.14. The zero-order valence-corrected chi connectivity index (χ0v) is 16.1. The van der Waals surface area contributed by atoms with E-state index < -0.39 is 0 Å². The molecule has 25 heavy (non-hydrogen) atoms. The van der Waals surface area contributed by atoms with Crippen molar-refractivity contribution in [3.8, 4) is 0 Å². The first-order valence-electron chi connectivity index (χ1n) is 9.64. The van der Waals surface area contributed by atoms with E-state index in [0.29, 0.717) is 5.92 Å². The molecule has 1 aliphatic rings. The van der Waals surface area contributed by atoms with Gasteiger partial charge in [-0.25, -0.2) is 0 Å². The summed E-state index contributed by atoms with van der Waals surface area (Å²) in [6.07, 6.45) is 6.65. The lowest BCUT2D eigenvalue weighted by atomic mass is 10.2. The molecule has 0 saturated carbocycles. The molecule has 0 spiro atoms. The first kappa shape index (κ1) is 19.7. The third-order valence-corrected chi connectivity index (χ3v) is 4.26. The van der Waals surface area contributed by atoms with Gasteiger partial charge in [0.2, 0.25) is 0 Å². The molecule has 0 saturated heterocycles. The van der Waals surface area contributed by atoms with Crippen LogP contribution in [0.3, 0.4) is 0 Å². The molecule has 2 rings (SSSR count). The third-order valence-electron chi connectivity index (χ3n) is 4.26. The molecular weight excluding hydrogens is 316 g/mol. The normalized spacial score (nSPS) is 15.1. The van der Waals surface area contributed by atoms with Crippen molar-refractivity contribution < 1.29 is 4.74 Å². The topological polar surface area (TPSA) is 76.4 Å². The summed E-state index contributed by atoms with van der Waals surface area (Å²) in [5.41, 5.74) is 0. The molecule has 0 radical (unpaired) electrons. The maximum Gasteiger partial charge on any atom is 0.190 e. The molecule has 7 nitrogen and oxygen atoms in total. The SMILES string of the molecule is CN=C(NCCCOCC(C)C)NCCc1nnc2n1CCCCC2. The summed E-state index contributed by atoms with van der Waals surface area (Å²) in [5, 5.41) is 15.4. The fourth-order valence-electron chi connectivity index (χ4n) is 2.94. The molecule has 2 heterocycles. The van der Waals surface area contributed by atoms with Gasteiger partial charge in [0, 0.05) is 52.7 Å². The van der Waals surface area contributed by atoms with Gasteiger partial charge in [-0.1, -0.05) is 20.3 Å². The van der Waals surface area contributed by atoms with Crippen molar-refractivity contribution in [2.24, 2.45) is 10.9 Å². The first-order valence-corrected chi connectivity index (χ1v) is 9.64. The lowest BCUT2D eigenvalue weighted by Crippen LogP contribution is -2.39. The fraction of sp³-hybridized carbons (Fsp3) is 0.833. The van der Waals surface area contributed by atoms with Crippen molar-refractivity contribution in [1.82, 2.24) is 25.4 Å². The van der Waals surface area contributed by atoms with Crippen LogP contribution in [-0.2, 0) is 24.1 Å². The third kappa shape index (κ3) is 7.02. The van der Waals surface area contributed by atoms with Gasteiger partial charge >= 0.3 is 0 Å². The molecule has 0 atom stereocenters. The Labute approximate surface area is 151 Å². The van der Waals surface area contributed by atoms with Gasteiger partial charge in [-0.15, -0.1) is 10.2 Å². The van der Waals surface area contributed by atoms with Gasteiger partial charge in [0.1, 0.15) is 11.6 Å². The molecule has 1 aromatic heterocycles. The van der Waals surface area contributed by atoms with E-state index in [1.54, 1.807) is 7.05 Å². The number of aromatic nitrogens is 3. The molecule has 2 N–H and O–H groups in total. The number of hydrogen-bond donors (Lipinski definition) is 2. The Morgan fingerprint density at radius 2 is 2.04 bits per heavy atom. The molecule has 1 aliphatic heterocycles. The number of aryl methyl sites for hydroxylation is 1. The van der Waals surface area contributed by atoms with Gasteiger partial charge in [0.05, 0.1) is 0 Å². The number of guanidine groups is 1. The number of hydrogen-bond acceptors (Lipinski definition) is 4. The van der Waals surface area contributed by atoms with E-state index in [1.165, 1.54) is 19.3 Å². The summed E-state index contributed by atoms with van der Waals surface area (Å²) in [5.74, 6) is 3.66. The number of nitrogens with zero attached hydrogens (tertiary/aromatic N) is 4. The van der Waals surface area contributed by atoms with Crippen molar-refractivity contribution in [1.29, 1.82) is 0 Å². The summed E-state index contributed by atoms with van der Waals surface area (Å²) in [6.45, 7) is 8.67. The Morgan fingerprint density at radius 1 is 1.20 bits per heavy atom. The second kappa shape index (κ2) is 11.1. The second-order valence-electron chi connectivity index (χ2n) is 6.99. The van der Waals surface area contributed by atoms with E-state index in [0.717, 1.165) is 69.7 Å². The Hall–Kier alpha value is -1.63. The van der Waals surface area contributed by atoms with Crippen LogP contribution in [-0.4, -0.2) is 54.1 Å². The second-order valence-corrected chi connectivity index (χ2v) is 6.99. The van der Waals surface area contributed by atoms with Crippen molar-refractivity contribution in [3.63, 3.8) is 0 Å². The molecule has 0 amide bonds. The number of ether oxygens (including phenoxy) is 1. The van der Waals surface area contributed by atoms with Crippen LogP contribution >= 0.6 is 0 Å². The van der Waals surface area contributed by atoms with E-state index in [-0.39, 0.29) is 0 Å². The van der Waals surface area contributed by atoms with E-state index in [4.69, 9.17) is 4.74 Å². The van der Waals surface area contributed by atoms with Crippen LogP contribution in [0.5, 0.6) is 0 Å². The lowest BCUT2D eigenvalue weighted by Gasteiger charge is -2.12. The number of aliphatic imine (C=N–C) groups is 1. The van der Waals surface area contributed by atoms with E-state index >= 15 is 0 Å². The number of nitrogens with one attached hydrogen (secondary N) is 2. The van der Waals surface area contributed by atoms with Gasteiger partial charge in [0.15, 0.2) is 5.96 Å². The van der Waals surface area contributed by atoms with Crippen LogP contribution < -0.4 is 10.6 Å². The highest BCUT2D eigenvalue weighted by Crippen LogP contribution is 2.14. The molecular formula is C18H34N6O. The van der Waals surface area contributed by atoms with Gasteiger partial charge < -0.3 is 19.9 Å². The molecule has 0 aliphatic carbocycles. The summed E-state index contributed by atoms with van der Waals surface area (Å²) in [7, 11) is 1.80. The van der Waals surface area contributed by atoms with Crippen LogP contribution in [0.25, 0.3) is 0 Å². The highest BCUT2D eigenvalue weighted by molar-refractivity contribution is 5.79. The van der Waals surface area contributed by atoms with Crippen molar-refractivity contribution in [2.75, 3.05) is 33.4 Å². The minimum atomic E-state index is 0.592. The summed E-state index contributed by atoms with van der Waals surface area (Å²) in [4.78, 5) is 4.27.